The number of aromatic nitrogens is 3. The van der Waals surface area contributed by atoms with Crippen LogP contribution in [0.25, 0.3) is 10.9 Å². The van der Waals surface area contributed by atoms with E-state index < -0.39 is 0 Å². The number of aryl methyl sites for hydroxylation is 2. The van der Waals surface area contributed by atoms with Crippen LogP contribution in [-0.4, -0.2) is 38.4 Å². The number of hydrogen-bond donors (Lipinski definition) is 1. The van der Waals surface area contributed by atoms with E-state index in [1.165, 1.54) is 47.2 Å². The molecule has 1 aliphatic heterocycles. The zero-order valence-corrected chi connectivity index (χ0v) is 17.9. The van der Waals surface area contributed by atoms with Crippen LogP contribution in [0.4, 0.5) is 0 Å². The summed E-state index contributed by atoms with van der Waals surface area (Å²) in [7, 11) is 0. The number of para-hydroxylation sites is 1. The molecule has 1 N–H and O–H groups in total. The summed E-state index contributed by atoms with van der Waals surface area (Å²) in [5, 5.41) is 1.28. The molecule has 0 spiro atoms. The smallest absolute Gasteiger partial charge is 0.222 e. The molecule has 0 bridgehead atoms. The zero-order valence-electron chi connectivity index (χ0n) is 17.9. The Hall–Kier alpha value is -2.56. The number of H-pyrrole nitrogens is 1. The lowest BCUT2D eigenvalue weighted by Gasteiger charge is -2.27. The van der Waals surface area contributed by atoms with Crippen LogP contribution in [0.1, 0.15) is 61.5 Å². The van der Waals surface area contributed by atoms with Crippen molar-refractivity contribution in [1.29, 1.82) is 0 Å². The number of carbonyl (C=O) groups is 1. The summed E-state index contributed by atoms with van der Waals surface area (Å²) in [6, 6.07) is 8.39. The van der Waals surface area contributed by atoms with Crippen molar-refractivity contribution in [3.8, 4) is 0 Å². The Labute approximate surface area is 178 Å². The Morgan fingerprint density at radius 2 is 2.10 bits per heavy atom. The Morgan fingerprint density at radius 1 is 1.23 bits per heavy atom. The molecule has 5 heteroatoms. The van der Waals surface area contributed by atoms with Crippen molar-refractivity contribution in [1.82, 2.24) is 19.4 Å². The Bertz CT molecular complexity index is 1030. The summed E-state index contributed by atoms with van der Waals surface area (Å²) >= 11 is 0. The molecule has 0 radical (unpaired) electrons. The summed E-state index contributed by atoms with van der Waals surface area (Å²) in [4.78, 5) is 22.9. The maximum absolute atomic E-state index is 12.8. The van der Waals surface area contributed by atoms with Gasteiger partial charge in [-0.05, 0) is 56.6 Å². The number of likely N-dealkylation sites (tertiary alicyclic amines) is 1. The van der Waals surface area contributed by atoms with Gasteiger partial charge in [0.15, 0.2) is 0 Å². The highest BCUT2D eigenvalue weighted by atomic mass is 16.2. The highest BCUT2D eigenvalue weighted by molar-refractivity contribution is 5.83. The molecule has 1 atom stereocenters. The lowest BCUT2D eigenvalue weighted by molar-refractivity contribution is -0.130. The predicted octanol–water partition coefficient (Wildman–Crippen LogP) is 4.81. The second-order valence-corrected chi connectivity index (χ2v) is 9.20. The van der Waals surface area contributed by atoms with Crippen LogP contribution in [0.5, 0.6) is 0 Å². The number of carbonyl (C=O) groups excluding carboxylic acids is 1. The number of amides is 1. The van der Waals surface area contributed by atoms with Gasteiger partial charge in [0.25, 0.3) is 0 Å². The molecule has 1 amide bonds. The molecule has 1 aliphatic carbocycles. The largest absolute Gasteiger partial charge is 0.361 e. The fraction of sp³-hybridized carbons (Fsp3) is 0.520. The summed E-state index contributed by atoms with van der Waals surface area (Å²) in [6.45, 7) is 4.98. The van der Waals surface area contributed by atoms with Crippen molar-refractivity contribution in [2.45, 2.75) is 64.3 Å². The van der Waals surface area contributed by atoms with Crippen LogP contribution < -0.4 is 0 Å². The normalized spacial score (nSPS) is 19.5. The first kappa shape index (κ1) is 19.4. The quantitative estimate of drug-likeness (QED) is 0.614. The summed E-state index contributed by atoms with van der Waals surface area (Å²) in [5.74, 6) is 2.80. The SMILES string of the molecule is Cc1cnc(C2CCC2)n1CC1CCN(C(=O)CCCc2c[nH]c3ccccc23)C1. The minimum atomic E-state index is 0.318. The van der Waals surface area contributed by atoms with Gasteiger partial charge in [-0.25, -0.2) is 4.98 Å². The van der Waals surface area contributed by atoms with Crippen LogP contribution >= 0.6 is 0 Å². The van der Waals surface area contributed by atoms with Gasteiger partial charge in [-0.1, -0.05) is 24.6 Å². The Kier molecular flexibility index (Phi) is 5.36. The van der Waals surface area contributed by atoms with E-state index in [1.54, 1.807) is 0 Å². The molecule has 5 rings (SSSR count). The maximum atomic E-state index is 12.8. The van der Waals surface area contributed by atoms with Gasteiger partial charge in [-0.3, -0.25) is 4.79 Å². The van der Waals surface area contributed by atoms with Crippen molar-refractivity contribution in [3.63, 3.8) is 0 Å². The second kappa shape index (κ2) is 8.29. The van der Waals surface area contributed by atoms with Gasteiger partial charge < -0.3 is 14.5 Å². The van der Waals surface area contributed by atoms with E-state index in [0.717, 1.165) is 38.9 Å². The Morgan fingerprint density at radius 3 is 2.93 bits per heavy atom. The van der Waals surface area contributed by atoms with Crippen LogP contribution in [0.2, 0.25) is 0 Å². The van der Waals surface area contributed by atoms with E-state index in [2.05, 4.69) is 51.8 Å². The third-order valence-corrected chi connectivity index (χ3v) is 7.15. The van der Waals surface area contributed by atoms with Gasteiger partial charge in [0.1, 0.15) is 5.82 Å². The number of rotatable bonds is 7. The average Bonchev–Trinajstić information content (AvgIpc) is 3.43. The standard InChI is InChI=1S/C25H32N4O/c1-18-14-27-25(20-6-4-7-20)29(18)17-19-12-13-28(16-19)24(30)11-5-8-21-15-26-23-10-3-2-9-22(21)23/h2-3,9-10,14-15,19-20,26H,4-8,11-13,16-17H2,1H3. The van der Waals surface area contributed by atoms with Gasteiger partial charge in [-0.2, -0.15) is 0 Å². The van der Waals surface area contributed by atoms with E-state index in [1.807, 2.05) is 6.20 Å². The van der Waals surface area contributed by atoms with E-state index in [4.69, 9.17) is 4.98 Å². The van der Waals surface area contributed by atoms with Gasteiger partial charge in [0.2, 0.25) is 5.91 Å². The van der Waals surface area contributed by atoms with Crippen molar-refractivity contribution >= 4 is 16.8 Å². The topological polar surface area (TPSA) is 53.9 Å². The molecule has 5 nitrogen and oxygen atoms in total. The molecule has 2 aromatic heterocycles. The van der Waals surface area contributed by atoms with Crippen molar-refractivity contribution in [2.75, 3.05) is 13.1 Å². The number of hydrogen-bond acceptors (Lipinski definition) is 2. The molecule has 2 aliphatic rings. The second-order valence-electron chi connectivity index (χ2n) is 9.20. The predicted molar refractivity (Wildman–Crippen MR) is 119 cm³/mol. The minimum Gasteiger partial charge on any atom is -0.361 e. The molecular weight excluding hydrogens is 372 g/mol. The zero-order chi connectivity index (χ0) is 20.5. The third-order valence-electron chi connectivity index (χ3n) is 7.15. The van der Waals surface area contributed by atoms with E-state index >= 15 is 0 Å². The van der Waals surface area contributed by atoms with Gasteiger partial charge >= 0.3 is 0 Å². The number of benzene rings is 1. The summed E-state index contributed by atoms with van der Waals surface area (Å²) < 4.78 is 2.43. The molecule has 1 unspecified atom stereocenters. The number of nitrogens with one attached hydrogen (secondary N) is 1. The first-order chi connectivity index (χ1) is 14.7. The van der Waals surface area contributed by atoms with Crippen LogP contribution in [0.3, 0.4) is 0 Å². The molecule has 3 aromatic rings. The first-order valence-electron chi connectivity index (χ1n) is 11.5. The monoisotopic (exact) mass is 404 g/mol. The van der Waals surface area contributed by atoms with Crippen molar-refractivity contribution in [3.05, 3.63) is 53.7 Å². The number of aromatic amines is 1. The molecule has 1 saturated carbocycles. The fourth-order valence-corrected chi connectivity index (χ4v) is 5.10. The molecule has 3 heterocycles. The number of imidazole rings is 1. The molecule has 1 saturated heterocycles. The van der Waals surface area contributed by atoms with Crippen LogP contribution in [0.15, 0.2) is 36.7 Å². The average molecular weight is 405 g/mol. The minimum absolute atomic E-state index is 0.318. The van der Waals surface area contributed by atoms with E-state index in [9.17, 15) is 4.79 Å². The lowest BCUT2D eigenvalue weighted by Crippen LogP contribution is -2.29. The Balaban J connectivity index is 1.13. The number of nitrogens with zero attached hydrogens (tertiary/aromatic N) is 3. The molecule has 1 aromatic carbocycles. The highest BCUT2D eigenvalue weighted by Gasteiger charge is 2.29. The van der Waals surface area contributed by atoms with E-state index in [-0.39, 0.29) is 0 Å². The maximum Gasteiger partial charge on any atom is 0.222 e. The third kappa shape index (κ3) is 3.78. The summed E-state index contributed by atoms with van der Waals surface area (Å²) in [5.41, 5.74) is 3.76. The molecule has 158 valence electrons. The first-order valence-corrected chi connectivity index (χ1v) is 11.5. The fourth-order valence-electron chi connectivity index (χ4n) is 5.10. The molecule has 30 heavy (non-hydrogen) atoms. The van der Waals surface area contributed by atoms with Crippen LogP contribution in [-0.2, 0) is 17.8 Å². The van der Waals surface area contributed by atoms with E-state index in [0.29, 0.717) is 24.2 Å². The van der Waals surface area contributed by atoms with Crippen molar-refractivity contribution < 1.29 is 4.79 Å². The van der Waals surface area contributed by atoms with Gasteiger partial charge in [-0.15, -0.1) is 0 Å². The lowest BCUT2D eigenvalue weighted by atomic mass is 9.84. The van der Waals surface area contributed by atoms with Gasteiger partial charge in [0, 0.05) is 61.0 Å². The molecular formula is C25H32N4O. The molecule has 2 fully saturated rings. The van der Waals surface area contributed by atoms with Crippen LogP contribution in [0, 0.1) is 12.8 Å². The number of fused-ring (bicyclic) bond motifs is 1. The highest BCUT2D eigenvalue weighted by Crippen LogP contribution is 2.36. The van der Waals surface area contributed by atoms with Gasteiger partial charge in [0.05, 0.1) is 0 Å². The van der Waals surface area contributed by atoms with Crippen molar-refractivity contribution in [2.24, 2.45) is 5.92 Å². The summed E-state index contributed by atoms with van der Waals surface area (Å²) in [6.07, 6.45) is 11.6.